The zero-order chi connectivity index (χ0) is 26.4. The number of aliphatic imine (C=N–C) groups is 1. The fourth-order valence-corrected chi connectivity index (χ4v) is 4.10. The van der Waals surface area contributed by atoms with Crippen LogP contribution in [-0.2, 0) is 14.9 Å². The highest BCUT2D eigenvalue weighted by Crippen LogP contribution is 2.36. The summed E-state index contributed by atoms with van der Waals surface area (Å²) in [5, 5.41) is 10.6. The average Bonchev–Trinajstić information content (AvgIpc) is 3.13. The molecule has 1 saturated heterocycles. The van der Waals surface area contributed by atoms with E-state index in [9.17, 15) is 4.79 Å². The lowest BCUT2D eigenvalue weighted by Crippen LogP contribution is -2.48. The lowest BCUT2D eigenvalue weighted by atomic mass is 9.73. The maximum absolute atomic E-state index is 13.3. The quantitative estimate of drug-likeness (QED) is 0.463. The van der Waals surface area contributed by atoms with E-state index in [4.69, 9.17) is 9.84 Å². The molecule has 2 aromatic rings. The van der Waals surface area contributed by atoms with Gasteiger partial charge in [-0.05, 0) is 64.2 Å². The number of carbonyl (C=O) groups is 1. The van der Waals surface area contributed by atoms with E-state index in [-0.39, 0.29) is 11.9 Å². The Hall–Kier alpha value is -3.44. The molecule has 0 saturated carbocycles. The van der Waals surface area contributed by atoms with Gasteiger partial charge in [-0.1, -0.05) is 77.9 Å². The predicted octanol–water partition coefficient (Wildman–Crippen LogP) is 6.84. The highest BCUT2D eigenvalue weighted by atomic mass is 16.5. The van der Waals surface area contributed by atoms with Gasteiger partial charge in [-0.3, -0.25) is 9.79 Å². The summed E-state index contributed by atoms with van der Waals surface area (Å²) in [6.45, 7) is 12.4. The van der Waals surface area contributed by atoms with Crippen molar-refractivity contribution in [1.82, 2.24) is 5.32 Å². The van der Waals surface area contributed by atoms with Crippen molar-refractivity contribution in [3.05, 3.63) is 108 Å². The fraction of sp³-hybridized carbons (Fsp3) is 0.355. The number of aliphatic hydroxyl groups excluding tert-OH is 1. The van der Waals surface area contributed by atoms with Crippen LogP contribution in [0.1, 0.15) is 61.4 Å². The molecule has 2 aliphatic heterocycles. The fourth-order valence-electron chi connectivity index (χ4n) is 4.10. The molecule has 2 aromatic carbocycles. The van der Waals surface area contributed by atoms with Crippen molar-refractivity contribution < 1.29 is 14.6 Å². The number of carbonyl (C=O) groups excluding carboxylic acids is 1. The van der Waals surface area contributed by atoms with Crippen LogP contribution in [0.3, 0.4) is 0 Å². The van der Waals surface area contributed by atoms with Crippen LogP contribution in [0.5, 0.6) is 0 Å². The third kappa shape index (κ3) is 8.65. The molecule has 1 amide bonds. The maximum atomic E-state index is 13.3. The molecule has 0 radical (unpaired) electrons. The molecule has 4 rings (SSSR count). The Morgan fingerprint density at radius 3 is 2.19 bits per heavy atom. The van der Waals surface area contributed by atoms with Gasteiger partial charge in [-0.25, -0.2) is 0 Å². The zero-order valence-corrected chi connectivity index (χ0v) is 22.0. The Morgan fingerprint density at radius 1 is 1.06 bits per heavy atom. The van der Waals surface area contributed by atoms with Gasteiger partial charge in [-0.15, -0.1) is 0 Å². The van der Waals surface area contributed by atoms with Gasteiger partial charge in [0, 0.05) is 25.6 Å². The monoisotopic (exact) mass is 488 g/mol. The van der Waals surface area contributed by atoms with E-state index in [1.165, 1.54) is 16.7 Å². The van der Waals surface area contributed by atoms with E-state index in [0.717, 1.165) is 36.7 Å². The van der Waals surface area contributed by atoms with Crippen LogP contribution in [0, 0.1) is 13.8 Å². The number of aryl methyl sites for hydroxylation is 2. The van der Waals surface area contributed by atoms with E-state index in [0.29, 0.717) is 13.2 Å². The molecule has 0 aromatic heterocycles. The second-order valence-electron chi connectivity index (χ2n) is 9.25. The van der Waals surface area contributed by atoms with Crippen molar-refractivity contribution in [2.24, 2.45) is 4.99 Å². The van der Waals surface area contributed by atoms with Crippen molar-refractivity contribution in [1.29, 1.82) is 0 Å². The molecular weight excluding hydrogens is 448 g/mol. The number of rotatable bonds is 4. The normalized spacial score (nSPS) is 16.6. The van der Waals surface area contributed by atoms with E-state index in [2.05, 4.69) is 92.3 Å². The number of hydrogen-bond acceptors (Lipinski definition) is 4. The van der Waals surface area contributed by atoms with Gasteiger partial charge >= 0.3 is 0 Å². The van der Waals surface area contributed by atoms with Crippen LogP contribution in [0.4, 0.5) is 0 Å². The summed E-state index contributed by atoms with van der Waals surface area (Å²) in [7, 11) is 0. The molecule has 1 atom stereocenters. The minimum atomic E-state index is -0.495. The van der Waals surface area contributed by atoms with Crippen molar-refractivity contribution in [2.75, 3.05) is 13.2 Å². The Labute approximate surface area is 216 Å². The first-order chi connectivity index (χ1) is 17.3. The summed E-state index contributed by atoms with van der Waals surface area (Å²) in [4.78, 5) is 17.3. The number of hydrogen-bond donors (Lipinski definition) is 2. The first-order valence-corrected chi connectivity index (χ1v) is 12.4. The summed E-state index contributed by atoms with van der Waals surface area (Å²) in [6, 6.07) is 16.7. The van der Waals surface area contributed by atoms with Gasteiger partial charge in [0.15, 0.2) is 0 Å². The number of nitrogens with one attached hydrogen (secondary N) is 1. The highest BCUT2D eigenvalue weighted by molar-refractivity contribution is 5.88. The van der Waals surface area contributed by atoms with Gasteiger partial charge in [0.05, 0.1) is 17.7 Å². The molecule has 2 heterocycles. The smallest absolute Gasteiger partial charge is 0.231 e. The highest BCUT2D eigenvalue weighted by Gasteiger charge is 2.42. The van der Waals surface area contributed by atoms with Gasteiger partial charge in [0.25, 0.3) is 0 Å². The molecule has 5 nitrogen and oxygen atoms in total. The van der Waals surface area contributed by atoms with Gasteiger partial charge < -0.3 is 15.2 Å². The van der Waals surface area contributed by atoms with E-state index >= 15 is 0 Å². The molecule has 2 N–H and O–H groups in total. The van der Waals surface area contributed by atoms with Gasteiger partial charge in [0.1, 0.15) is 0 Å². The molecule has 0 bridgehead atoms. The Kier molecular flexibility index (Phi) is 11.9. The van der Waals surface area contributed by atoms with Crippen LogP contribution in [0.15, 0.2) is 90.3 Å². The van der Waals surface area contributed by atoms with Crippen LogP contribution in [0.2, 0.25) is 0 Å². The molecular formula is C31H40N2O3. The first-order valence-electron chi connectivity index (χ1n) is 12.4. The van der Waals surface area contributed by atoms with E-state index in [1.54, 1.807) is 6.21 Å². The Morgan fingerprint density at radius 2 is 1.61 bits per heavy atom. The summed E-state index contributed by atoms with van der Waals surface area (Å²) in [5.41, 5.74) is 5.47. The van der Waals surface area contributed by atoms with E-state index < -0.39 is 5.41 Å². The largest absolute Gasteiger partial charge is 0.516 e. The summed E-state index contributed by atoms with van der Waals surface area (Å²) < 4.78 is 5.54. The topological polar surface area (TPSA) is 70.9 Å². The zero-order valence-electron chi connectivity index (χ0n) is 22.0. The lowest BCUT2D eigenvalue weighted by Gasteiger charge is -2.37. The summed E-state index contributed by atoms with van der Waals surface area (Å²) in [6.07, 6.45) is 11.0. The number of nitrogens with zero attached hydrogens (tertiary/aromatic N) is 1. The minimum absolute atomic E-state index is 0.0155. The molecule has 0 aliphatic carbocycles. The Balaban J connectivity index is 0.000000345. The third-order valence-corrected chi connectivity index (χ3v) is 6.35. The SMILES string of the molecule is C=CO.CC1=CN=CC=CC1.Cc1ccc(C(C)NC(=O)C2(c3ccc(C)cc3)CCOCC2)cc1. The number of benzene rings is 2. The Bertz CT molecular complexity index is 1040. The van der Waals surface area contributed by atoms with Crippen molar-refractivity contribution in [3.8, 4) is 0 Å². The van der Waals surface area contributed by atoms with Gasteiger partial charge in [0.2, 0.25) is 5.91 Å². The minimum Gasteiger partial charge on any atom is -0.516 e. The van der Waals surface area contributed by atoms with Crippen molar-refractivity contribution >= 4 is 12.1 Å². The van der Waals surface area contributed by atoms with Crippen molar-refractivity contribution in [2.45, 2.75) is 58.4 Å². The van der Waals surface area contributed by atoms with Crippen LogP contribution < -0.4 is 5.32 Å². The maximum Gasteiger partial charge on any atom is 0.231 e. The second kappa shape index (κ2) is 14.8. The third-order valence-electron chi connectivity index (χ3n) is 6.35. The van der Waals surface area contributed by atoms with Crippen LogP contribution >= 0.6 is 0 Å². The average molecular weight is 489 g/mol. The molecule has 2 aliphatic rings. The molecule has 36 heavy (non-hydrogen) atoms. The number of aliphatic hydroxyl groups is 1. The molecule has 192 valence electrons. The lowest BCUT2D eigenvalue weighted by molar-refractivity contribution is -0.131. The van der Waals surface area contributed by atoms with Crippen LogP contribution in [0.25, 0.3) is 0 Å². The number of amides is 1. The van der Waals surface area contributed by atoms with Crippen LogP contribution in [-0.4, -0.2) is 30.4 Å². The molecule has 1 unspecified atom stereocenters. The number of ether oxygens (including phenoxy) is 1. The summed E-state index contributed by atoms with van der Waals surface area (Å²) >= 11 is 0. The first kappa shape index (κ1) is 28.8. The molecule has 1 fully saturated rings. The summed E-state index contributed by atoms with van der Waals surface area (Å²) in [5.74, 6) is 0.104. The molecule has 5 heteroatoms. The van der Waals surface area contributed by atoms with E-state index in [1.807, 2.05) is 19.2 Å². The van der Waals surface area contributed by atoms with Gasteiger partial charge in [-0.2, -0.15) is 0 Å². The number of allylic oxidation sites excluding steroid dienone is 3. The standard InChI is InChI=1S/C22H27NO2.C7H9N.C2H4O/c1-16-4-8-19(9-5-16)18(3)23-21(24)22(12-14-25-15-13-22)20-10-6-17(2)7-11-20;1-7-4-2-3-5-8-6-7;1-2-3/h4-11,18H,12-15H2,1-3H3,(H,23,24);2-3,5-6H,4H2,1H3;2-3H,1H2. The van der Waals surface area contributed by atoms with Crippen molar-refractivity contribution in [3.63, 3.8) is 0 Å². The predicted molar refractivity (Wildman–Crippen MR) is 149 cm³/mol. The molecule has 0 spiro atoms. The second-order valence-corrected chi connectivity index (χ2v) is 9.25.